The second-order valence-electron chi connectivity index (χ2n) is 4.87. The van der Waals surface area contributed by atoms with E-state index in [1.807, 2.05) is 4.90 Å². The van der Waals surface area contributed by atoms with Crippen molar-refractivity contribution in [3.63, 3.8) is 0 Å². The summed E-state index contributed by atoms with van der Waals surface area (Å²) >= 11 is 0. The minimum absolute atomic E-state index is 0.353. The fourth-order valence-electron chi connectivity index (χ4n) is 1.74. The van der Waals surface area contributed by atoms with Gasteiger partial charge in [-0.25, -0.2) is 0 Å². The van der Waals surface area contributed by atoms with Gasteiger partial charge in [0.05, 0.1) is 40.3 Å². The first-order chi connectivity index (χ1) is 6.55. The molecule has 1 heterocycles. The number of nitrogens with zero attached hydrogens (tertiary/aromatic N) is 2. The quantitative estimate of drug-likeness (QED) is 0.623. The predicted octanol–water partition coefficient (Wildman–Crippen LogP) is 1.10. The summed E-state index contributed by atoms with van der Waals surface area (Å²) < 4.78 is 1.05. The van der Waals surface area contributed by atoms with Crippen LogP contribution in [0, 0.1) is 0 Å². The highest BCUT2D eigenvalue weighted by atomic mass is 16.2. The van der Waals surface area contributed by atoms with Crippen LogP contribution >= 0.6 is 0 Å². The van der Waals surface area contributed by atoms with Crippen LogP contribution in [0.25, 0.3) is 0 Å². The molecule has 1 rings (SSSR count). The van der Waals surface area contributed by atoms with Crippen molar-refractivity contribution in [3.8, 4) is 0 Å². The molecular formula is C11H23N2O+. The molecule has 3 nitrogen and oxygen atoms in total. The van der Waals surface area contributed by atoms with E-state index in [4.69, 9.17) is 0 Å². The molecule has 0 aromatic carbocycles. The Balaban J connectivity index is 2.30. The Hall–Kier alpha value is -0.570. The average molecular weight is 199 g/mol. The molecule has 0 aromatic heterocycles. The van der Waals surface area contributed by atoms with E-state index in [2.05, 4.69) is 21.0 Å². The van der Waals surface area contributed by atoms with E-state index in [9.17, 15) is 4.79 Å². The third-order valence-electron chi connectivity index (χ3n) is 3.05. The van der Waals surface area contributed by atoms with Crippen LogP contribution in [0.5, 0.6) is 0 Å². The third kappa shape index (κ3) is 3.29. The van der Waals surface area contributed by atoms with Gasteiger partial charge in [0.25, 0.3) is 0 Å². The lowest BCUT2D eigenvalue weighted by Crippen LogP contribution is -2.56. The van der Waals surface area contributed by atoms with Crippen molar-refractivity contribution < 1.29 is 9.28 Å². The van der Waals surface area contributed by atoms with Gasteiger partial charge < -0.3 is 9.38 Å². The summed E-state index contributed by atoms with van der Waals surface area (Å²) in [5.41, 5.74) is 0. The number of rotatable bonds is 3. The summed E-state index contributed by atoms with van der Waals surface area (Å²) in [6, 6.07) is 0. The van der Waals surface area contributed by atoms with Crippen LogP contribution in [0.15, 0.2) is 0 Å². The highest BCUT2D eigenvalue weighted by Crippen LogP contribution is 2.09. The Kier molecular flexibility index (Phi) is 3.93. The van der Waals surface area contributed by atoms with E-state index in [0.717, 1.165) is 49.9 Å². The van der Waals surface area contributed by atoms with E-state index in [0.29, 0.717) is 5.91 Å². The molecule has 1 amide bonds. The summed E-state index contributed by atoms with van der Waals surface area (Å²) in [4.78, 5) is 13.7. The maximum absolute atomic E-state index is 11.7. The Morgan fingerprint density at radius 2 is 1.86 bits per heavy atom. The first-order valence-electron chi connectivity index (χ1n) is 5.65. The van der Waals surface area contributed by atoms with Gasteiger partial charge in [-0.2, -0.15) is 0 Å². The van der Waals surface area contributed by atoms with Gasteiger partial charge in [0.2, 0.25) is 5.91 Å². The lowest BCUT2D eigenvalue weighted by Gasteiger charge is -2.39. The van der Waals surface area contributed by atoms with Crippen molar-refractivity contribution in [1.29, 1.82) is 0 Å². The standard InChI is InChI=1S/C11H23N2O/c1-4-5-6-11(14)12-7-9-13(2,3)10-8-12/h4-10H2,1-3H3/q+1. The Bertz CT molecular complexity index is 191. The SMILES string of the molecule is CCCCC(=O)N1CC[N+](C)(C)CC1. The minimum Gasteiger partial charge on any atom is -0.331 e. The number of hydrogen-bond donors (Lipinski definition) is 0. The zero-order valence-electron chi connectivity index (χ0n) is 9.75. The largest absolute Gasteiger partial charge is 0.331 e. The van der Waals surface area contributed by atoms with Crippen molar-refractivity contribution in [2.45, 2.75) is 26.2 Å². The van der Waals surface area contributed by atoms with E-state index < -0.39 is 0 Å². The molecular weight excluding hydrogens is 176 g/mol. The monoisotopic (exact) mass is 199 g/mol. The number of likely N-dealkylation sites (N-methyl/N-ethyl adjacent to an activating group) is 1. The van der Waals surface area contributed by atoms with Crippen molar-refractivity contribution in [3.05, 3.63) is 0 Å². The number of amides is 1. The lowest BCUT2D eigenvalue weighted by atomic mass is 10.2. The first kappa shape index (κ1) is 11.5. The molecule has 0 spiro atoms. The highest BCUT2D eigenvalue weighted by Gasteiger charge is 2.26. The van der Waals surface area contributed by atoms with Crippen molar-refractivity contribution in [2.75, 3.05) is 40.3 Å². The molecule has 0 aromatic rings. The van der Waals surface area contributed by atoms with E-state index in [1.54, 1.807) is 0 Å². The molecule has 0 bridgehead atoms. The fourth-order valence-corrected chi connectivity index (χ4v) is 1.74. The Morgan fingerprint density at radius 3 is 2.36 bits per heavy atom. The molecule has 14 heavy (non-hydrogen) atoms. The van der Waals surface area contributed by atoms with Crippen LogP contribution in [0.2, 0.25) is 0 Å². The normalized spacial score (nSPS) is 20.9. The van der Waals surface area contributed by atoms with Crippen molar-refractivity contribution >= 4 is 5.91 Å². The number of hydrogen-bond acceptors (Lipinski definition) is 1. The van der Waals surface area contributed by atoms with Gasteiger partial charge in [-0.1, -0.05) is 13.3 Å². The average Bonchev–Trinajstić information content (AvgIpc) is 2.14. The molecule has 3 heteroatoms. The maximum Gasteiger partial charge on any atom is 0.222 e. The lowest BCUT2D eigenvalue weighted by molar-refractivity contribution is -0.894. The highest BCUT2D eigenvalue weighted by molar-refractivity contribution is 5.76. The molecule has 1 aliphatic heterocycles. The zero-order valence-corrected chi connectivity index (χ0v) is 9.75. The van der Waals surface area contributed by atoms with E-state index in [-0.39, 0.29) is 0 Å². The minimum atomic E-state index is 0.353. The van der Waals surface area contributed by atoms with Crippen LogP contribution in [0.4, 0.5) is 0 Å². The number of carbonyl (C=O) groups is 1. The van der Waals surface area contributed by atoms with Gasteiger partial charge in [0.15, 0.2) is 0 Å². The summed E-state index contributed by atoms with van der Waals surface area (Å²) in [6.45, 7) is 6.20. The summed E-state index contributed by atoms with van der Waals surface area (Å²) in [5, 5.41) is 0. The molecule has 0 aliphatic carbocycles. The number of piperazine rings is 1. The van der Waals surface area contributed by atoms with Gasteiger partial charge >= 0.3 is 0 Å². The van der Waals surface area contributed by atoms with Gasteiger partial charge in [-0.3, -0.25) is 4.79 Å². The Labute approximate surface area is 87.3 Å². The number of quaternary nitrogens is 1. The topological polar surface area (TPSA) is 20.3 Å². The van der Waals surface area contributed by atoms with Crippen LogP contribution in [0.3, 0.4) is 0 Å². The van der Waals surface area contributed by atoms with E-state index >= 15 is 0 Å². The van der Waals surface area contributed by atoms with E-state index in [1.165, 1.54) is 0 Å². The first-order valence-corrected chi connectivity index (χ1v) is 5.65. The summed E-state index contributed by atoms with van der Waals surface area (Å²) in [7, 11) is 4.46. The molecule has 0 atom stereocenters. The molecule has 1 fully saturated rings. The molecule has 1 saturated heterocycles. The fraction of sp³-hybridized carbons (Fsp3) is 0.909. The zero-order chi connectivity index (χ0) is 10.6. The molecule has 82 valence electrons. The van der Waals surface area contributed by atoms with Gasteiger partial charge in [0.1, 0.15) is 0 Å². The second kappa shape index (κ2) is 4.78. The molecule has 0 radical (unpaired) electrons. The molecule has 1 aliphatic rings. The second-order valence-corrected chi connectivity index (χ2v) is 4.87. The van der Waals surface area contributed by atoms with Crippen LogP contribution in [-0.2, 0) is 4.79 Å². The molecule has 0 N–H and O–H groups in total. The van der Waals surface area contributed by atoms with Crippen molar-refractivity contribution in [2.24, 2.45) is 0 Å². The van der Waals surface area contributed by atoms with Crippen molar-refractivity contribution in [1.82, 2.24) is 4.90 Å². The van der Waals surface area contributed by atoms with Gasteiger partial charge in [0, 0.05) is 6.42 Å². The van der Waals surface area contributed by atoms with Crippen LogP contribution < -0.4 is 0 Å². The smallest absolute Gasteiger partial charge is 0.222 e. The van der Waals surface area contributed by atoms with Gasteiger partial charge in [-0.15, -0.1) is 0 Å². The number of carbonyl (C=O) groups excluding carboxylic acids is 1. The summed E-state index contributed by atoms with van der Waals surface area (Å²) in [5.74, 6) is 0.353. The van der Waals surface area contributed by atoms with Gasteiger partial charge in [-0.05, 0) is 6.42 Å². The maximum atomic E-state index is 11.7. The molecule has 0 unspecified atom stereocenters. The Morgan fingerprint density at radius 1 is 1.29 bits per heavy atom. The van der Waals surface area contributed by atoms with Crippen LogP contribution in [-0.4, -0.2) is 55.6 Å². The predicted molar refractivity (Wildman–Crippen MR) is 57.9 cm³/mol. The van der Waals surface area contributed by atoms with Crippen LogP contribution in [0.1, 0.15) is 26.2 Å². The summed E-state index contributed by atoms with van der Waals surface area (Å²) in [6.07, 6.45) is 2.89. The third-order valence-corrected chi connectivity index (χ3v) is 3.05. The molecule has 0 saturated carbocycles. The number of unbranched alkanes of at least 4 members (excludes halogenated alkanes) is 1.